The standard InChI is InChI=1S/C20H25FO.C6H12.C3H6O2/c1-5-14-22-20-9-7-8-18(15-16(3)10-13-20)17(4)11-12-19(21)6-2;1-4-6(3)5-2;1-3(4)5-2/h5-8,11-12,15,20H,1-3,9-10,13-14H2,4H3;4H,5H2,1-3H3;1-2H3/b8-7-,17-11+,18-15+,19-12+;6-4+;. The van der Waals surface area contributed by atoms with Gasteiger partial charge in [-0.25, -0.2) is 4.39 Å². The Labute approximate surface area is 201 Å². The summed E-state index contributed by atoms with van der Waals surface area (Å²) in [4.78, 5) is 9.59. The van der Waals surface area contributed by atoms with Crippen molar-refractivity contribution in [1.29, 1.82) is 0 Å². The number of ether oxygens (including phenoxy) is 2. The molecule has 3 nitrogen and oxygen atoms in total. The minimum absolute atomic E-state index is 0.182. The minimum Gasteiger partial charge on any atom is -0.469 e. The number of hydrogen-bond donors (Lipinski definition) is 0. The molecule has 0 bridgehead atoms. The first-order valence-electron chi connectivity index (χ1n) is 11.3. The van der Waals surface area contributed by atoms with E-state index in [9.17, 15) is 9.18 Å². The first-order chi connectivity index (χ1) is 15.6. The van der Waals surface area contributed by atoms with Crippen LogP contribution in [0.5, 0.6) is 0 Å². The van der Waals surface area contributed by atoms with Crippen molar-refractivity contribution in [2.24, 2.45) is 0 Å². The van der Waals surface area contributed by atoms with Crippen molar-refractivity contribution in [3.05, 3.63) is 96.5 Å². The summed E-state index contributed by atoms with van der Waals surface area (Å²) >= 11 is 0. The molecular formula is C29H43FO3. The van der Waals surface area contributed by atoms with Crippen molar-refractivity contribution < 1.29 is 18.7 Å². The monoisotopic (exact) mass is 458 g/mol. The van der Waals surface area contributed by atoms with Gasteiger partial charge in [-0.1, -0.05) is 67.7 Å². The minimum atomic E-state index is -0.344. The average Bonchev–Trinajstić information content (AvgIpc) is 2.91. The van der Waals surface area contributed by atoms with E-state index in [1.165, 1.54) is 38.2 Å². The summed E-state index contributed by atoms with van der Waals surface area (Å²) in [6.45, 7) is 21.4. The molecule has 0 heterocycles. The fourth-order valence-corrected chi connectivity index (χ4v) is 2.32. The third-order valence-corrected chi connectivity index (χ3v) is 4.77. The van der Waals surface area contributed by atoms with Crippen LogP contribution in [-0.2, 0) is 14.3 Å². The van der Waals surface area contributed by atoms with Gasteiger partial charge in [0.1, 0.15) is 5.83 Å². The number of rotatable bonds is 7. The Morgan fingerprint density at radius 2 is 1.88 bits per heavy atom. The van der Waals surface area contributed by atoms with Crippen molar-refractivity contribution in [2.75, 3.05) is 13.7 Å². The van der Waals surface area contributed by atoms with E-state index in [4.69, 9.17) is 4.74 Å². The molecule has 0 aromatic rings. The van der Waals surface area contributed by atoms with Crippen molar-refractivity contribution in [3.63, 3.8) is 0 Å². The van der Waals surface area contributed by atoms with Gasteiger partial charge in [0.25, 0.3) is 0 Å². The predicted octanol–water partition coefficient (Wildman–Crippen LogP) is 8.31. The quantitative estimate of drug-likeness (QED) is 0.219. The van der Waals surface area contributed by atoms with Gasteiger partial charge in [-0.3, -0.25) is 4.79 Å². The number of hydrogen-bond acceptors (Lipinski definition) is 3. The molecular weight excluding hydrogens is 415 g/mol. The molecule has 1 atom stereocenters. The molecule has 0 spiro atoms. The zero-order chi connectivity index (χ0) is 25.6. The number of methoxy groups -OCH3 is 1. The lowest BCUT2D eigenvalue weighted by Gasteiger charge is -2.14. The van der Waals surface area contributed by atoms with E-state index < -0.39 is 0 Å². The van der Waals surface area contributed by atoms with Gasteiger partial charge in [0.05, 0.1) is 19.8 Å². The Balaban J connectivity index is 0. The second-order valence-corrected chi connectivity index (χ2v) is 7.47. The van der Waals surface area contributed by atoms with Gasteiger partial charge < -0.3 is 9.47 Å². The molecule has 1 aliphatic carbocycles. The number of allylic oxidation sites excluding steroid dienone is 11. The summed E-state index contributed by atoms with van der Waals surface area (Å²) < 4.78 is 23.0. The van der Waals surface area contributed by atoms with Crippen molar-refractivity contribution >= 4 is 5.97 Å². The van der Waals surface area contributed by atoms with Crippen LogP contribution in [-0.4, -0.2) is 25.8 Å². The first-order valence-corrected chi connectivity index (χ1v) is 11.3. The van der Waals surface area contributed by atoms with Crippen LogP contribution in [0.15, 0.2) is 96.5 Å². The number of carbonyl (C=O) groups is 1. The van der Waals surface area contributed by atoms with Gasteiger partial charge in [-0.2, -0.15) is 0 Å². The van der Waals surface area contributed by atoms with E-state index in [1.54, 1.807) is 12.2 Å². The zero-order valence-electron chi connectivity index (χ0n) is 21.5. The number of halogens is 1. The SMILES string of the molecule is C/C=C(\C)CC.C=CCOC1C\C=C/C(C(/C)=C/C=C(/F)C=C)=C\C(=C)CC1.COC(C)=O. The van der Waals surface area contributed by atoms with Crippen LogP contribution in [0, 0.1) is 0 Å². The second kappa shape index (κ2) is 21.1. The van der Waals surface area contributed by atoms with Crippen LogP contribution in [0.2, 0.25) is 0 Å². The highest BCUT2D eigenvalue weighted by Gasteiger charge is 2.10. The fraction of sp³-hybridized carbons (Fsp3) is 0.414. The Kier molecular flexibility index (Phi) is 20.8. The van der Waals surface area contributed by atoms with Gasteiger partial charge in [-0.05, 0) is 69.8 Å². The summed E-state index contributed by atoms with van der Waals surface area (Å²) in [5.41, 5.74) is 4.55. The highest BCUT2D eigenvalue weighted by atomic mass is 19.1. The van der Waals surface area contributed by atoms with Crippen LogP contribution >= 0.6 is 0 Å². The highest BCUT2D eigenvalue weighted by Crippen LogP contribution is 2.21. The van der Waals surface area contributed by atoms with Crippen molar-refractivity contribution in [1.82, 2.24) is 0 Å². The van der Waals surface area contributed by atoms with E-state index >= 15 is 0 Å². The van der Waals surface area contributed by atoms with Crippen LogP contribution in [0.4, 0.5) is 4.39 Å². The molecule has 1 unspecified atom stereocenters. The molecule has 0 aliphatic heterocycles. The van der Waals surface area contributed by atoms with Crippen LogP contribution in [0.25, 0.3) is 0 Å². The van der Waals surface area contributed by atoms with Gasteiger partial charge >= 0.3 is 5.97 Å². The Hall–Kier alpha value is -2.72. The lowest BCUT2D eigenvalue weighted by Crippen LogP contribution is -2.12. The number of esters is 1. The summed E-state index contributed by atoms with van der Waals surface area (Å²) in [5, 5.41) is 0. The predicted molar refractivity (Wildman–Crippen MR) is 141 cm³/mol. The van der Waals surface area contributed by atoms with E-state index in [1.807, 2.05) is 13.0 Å². The molecule has 0 N–H and O–H groups in total. The highest BCUT2D eigenvalue weighted by molar-refractivity contribution is 5.65. The maximum Gasteiger partial charge on any atom is 0.302 e. The normalized spacial score (nSPS) is 19.6. The van der Waals surface area contributed by atoms with Crippen LogP contribution in [0.1, 0.15) is 60.3 Å². The maximum atomic E-state index is 13.1. The van der Waals surface area contributed by atoms with Crippen LogP contribution < -0.4 is 0 Å². The average molecular weight is 459 g/mol. The third-order valence-electron chi connectivity index (χ3n) is 4.77. The van der Waals surface area contributed by atoms with Gasteiger partial charge in [0.15, 0.2) is 0 Å². The largest absolute Gasteiger partial charge is 0.469 e. The molecule has 0 fully saturated rings. The van der Waals surface area contributed by atoms with Gasteiger partial charge in [0, 0.05) is 6.92 Å². The molecule has 0 saturated heterocycles. The van der Waals surface area contributed by atoms with E-state index in [2.05, 4.69) is 63.5 Å². The Morgan fingerprint density at radius 1 is 1.24 bits per heavy atom. The van der Waals surface area contributed by atoms with Gasteiger partial charge in [-0.15, -0.1) is 6.58 Å². The van der Waals surface area contributed by atoms with Crippen LogP contribution in [0.3, 0.4) is 0 Å². The lowest BCUT2D eigenvalue weighted by atomic mass is 10.0. The zero-order valence-corrected chi connectivity index (χ0v) is 21.5. The second-order valence-electron chi connectivity index (χ2n) is 7.47. The summed E-state index contributed by atoms with van der Waals surface area (Å²) in [6.07, 6.45) is 18.5. The summed E-state index contributed by atoms with van der Waals surface area (Å²) in [5.74, 6) is -0.589. The maximum absolute atomic E-state index is 13.1. The Bertz CT molecular complexity index is 764. The molecule has 33 heavy (non-hydrogen) atoms. The molecule has 1 aliphatic rings. The lowest BCUT2D eigenvalue weighted by molar-refractivity contribution is -0.137. The molecule has 1 rings (SSSR count). The molecule has 0 aromatic carbocycles. The van der Waals surface area contributed by atoms with E-state index in [0.29, 0.717) is 6.61 Å². The Morgan fingerprint density at radius 3 is 2.33 bits per heavy atom. The van der Waals surface area contributed by atoms with E-state index in [-0.39, 0.29) is 17.9 Å². The molecule has 0 saturated carbocycles. The molecule has 0 aromatic heterocycles. The summed E-state index contributed by atoms with van der Waals surface area (Å²) in [6, 6.07) is 0. The van der Waals surface area contributed by atoms with Crippen molar-refractivity contribution in [2.45, 2.75) is 66.4 Å². The summed E-state index contributed by atoms with van der Waals surface area (Å²) in [7, 11) is 1.35. The first kappa shape index (κ1) is 32.5. The molecule has 184 valence electrons. The van der Waals surface area contributed by atoms with E-state index in [0.717, 1.165) is 36.0 Å². The third kappa shape index (κ3) is 19.7. The smallest absolute Gasteiger partial charge is 0.302 e. The fourth-order valence-electron chi connectivity index (χ4n) is 2.32. The number of carbonyl (C=O) groups excluding carboxylic acids is 1. The van der Waals surface area contributed by atoms with Gasteiger partial charge in [0.2, 0.25) is 0 Å². The molecule has 0 radical (unpaired) electrons. The van der Waals surface area contributed by atoms with Crippen molar-refractivity contribution in [3.8, 4) is 0 Å². The topological polar surface area (TPSA) is 35.5 Å². The molecule has 0 amide bonds. The molecule has 4 heteroatoms.